The highest BCUT2D eigenvalue weighted by molar-refractivity contribution is 8.04. The van der Waals surface area contributed by atoms with Crippen LogP contribution in [0.4, 0.5) is 0 Å². The summed E-state index contributed by atoms with van der Waals surface area (Å²) in [7, 11) is -16.8. The van der Waals surface area contributed by atoms with Crippen molar-refractivity contribution in [3.63, 3.8) is 0 Å². The van der Waals surface area contributed by atoms with Crippen LogP contribution < -0.4 is 4.13 Å². The maximum Gasteiger partial charge on any atom is 0.264 e. The molecule has 0 aromatic heterocycles. The standard InChI is InChI=1S/C8H19NO10S4/c10-20(11,5-1-3-7-22(14,15)16)9-21(12,13)6-2-4-8-23(17,18)19/h9H,1-8H2,(H,14,15,16)(H,17,18,19). The molecule has 0 unspecified atom stereocenters. The molecule has 0 fully saturated rings. The van der Waals surface area contributed by atoms with Gasteiger partial charge >= 0.3 is 0 Å². The molecule has 11 nitrogen and oxygen atoms in total. The molecule has 15 heteroatoms. The Labute approximate surface area is 136 Å². The third-order valence-electron chi connectivity index (χ3n) is 2.38. The van der Waals surface area contributed by atoms with Gasteiger partial charge < -0.3 is 0 Å². The van der Waals surface area contributed by atoms with Gasteiger partial charge in [0.1, 0.15) is 0 Å². The molecule has 0 radical (unpaired) electrons. The fourth-order valence-electron chi connectivity index (χ4n) is 1.43. The fraction of sp³-hybridized carbons (Fsp3) is 1.00. The fourth-order valence-corrected chi connectivity index (χ4v) is 5.95. The summed E-state index contributed by atoms with van der Waals surface area (Å²) >= 11 is 0. The monoisotopic (exact) mass is 417 g/mol. The highest BCUT2D eigenvalue weighted by atomic mass is 32.3. The maximum absolute atomic E-state index is 11.5. The van der Waals surface area contributed by atoms with Gasteiger partial charge in [0.15, 0.2) is 0 Å². The quantitative estimate of drug-likeness (QED) is 0.251. The Kier molecular flexibility index (Phi) is 8.56. The van der Waals surface area contributed by atoms with E-state index in [-0.39, 0.29) is 25.7 Å². The van der Waals surface area contributed by atoms with Gasteiger partial charge in [0.05, 0.1) is 23.0 Å². The zero-order valence-corrected chi connectivity index (χ0v) is 15.2. The Morgan fingerprint density at radius 1 is 0.522 bits per heavy atom. The van der Waals surface area contributed by atoms with Crippen LogP contribution in [0, 0.1) is 0 Å². The van der Waals surface area contributed by atoms with Crippen LogP contribution in [0.5, 0.6) is 0 Å². The third kappa shape index (κ3) is 15.0. The summed E-state index contributed by atoms with van der Waals surface area (Å²) in [6.07, 6.45) is -0.664. The van der Waals surface area contributed by atoms with Crippen LogP contribution in [0.2, 0.25) is 0 Å². The van der Waals surface area contributed by atoms with E-state index in [0.717, 1.165) is 0 Å². The Balaban J connectivity index is 4.30. The molecule has 0 aliphatic carbocycles. The molecule has 3 N–H and O–H groups in total. The Hall–Kier alpha value is -0.320. The smallest absolute Gasteiger partial charge is 0.264 e. The molecule has 0 aromatic rings. The number of hydrogen-bond acceptors (Lipinski definition) is 8. The topological polar surface area (TPSA) is 189 Å². The first kappa shape index (κ1) is 22.7. The highest BCUT2D eigenvalue weighted by Gasteiger charge is 2.20. The molecule has 0 heterocycles. The lowest BCUT2D eigenvalue weighted by Gasteiger charge is -2.07. The van der Waals surface area contributed by atoms with Gasteiger partial charge in [-0.1, -0.05) is 0 Å². The van der Waals surface area contributed by atoms with Crippen molar-refractivity contribution in [3.8, 4) is 0 Å². The van der Waals surface area contributed by atoms with Crippen molar-refractivity contribution in [2.24, 2.45) is 0 Å². The average molecular weight is 418 g/mol. The van der Waals surface area contributed by atoms with Crippen LogP contribution in [0.15, 0.2) is 0 Å². The maximum atomic E-state index is 11.5. The van der Waals surface area contributed by atoms with Crippen molar-refractivity contribution in [3.05, 3.63) is 0 Å². The molecule has 0 aliphatic heterocycles. The van der Waals surface area contributed by atoms with Crippen LogP contribution in [0.1, 0.15) is 25.7 Å². The van der Waals surface area contributed by atoms with Gasteiger partial charge in [0.2, 0.25) is 20.0 Å². The van der Waals surface area contributed by atoms with Crippen molar-refractivity contribution in [1.29, 1.82) is 0 Å². The minimum absolute atomic E-state index is 0.159. The summed E-state index contributed by atoms with van der Waals surface area (Å²) in [5.41, 5.74) is 0. The van der Waals surface area contributed by atoms with E-state index in [1.807, 2.05) is 0 Å². The second-order valence-electron chi connectivity index (χ2n) is 4.71. The van der Waals surface area contributed by atoms with E-state index in [2.05, 4.69) is 0 Å². The first-order chi connectivity index (χ1) is 10.1. The average Bonchev–Trinajstić information content (AvgIpc) is 2.27. The van der Waals surface area contributed by atoms with E-state index in [9.17, 15) is 33.7 Å². The summed E-state index contributed by atoms with van der Waals surface area (Å²) < 4.78 is 106. The number of unbranched alkanes of at least 4 members (excludes halogenated alkanes) is 2. The van der Waals surface area contributed by atoms with Crippen molar-refractivity contribution in [2.75, 3.05) is 23.0 Å². The van der Waals surface area contributed by atoms with Gasteiger partial charge in [-0.15, -0.1) is 4.13 Å². The van der Waals surface area contributed by atoms with Gasteiger partial charge in [-0.3, -0.25) is 9.11 Å². The van der Waals surface area contributed by atoms with E-state index in [1.54, 1.807) is 0 Å². The summed E-state index contributed by atoms with van der Waals surface area (Å²) in [5.74, 6) is -2.56. The number of sulfonamides is 2. The molecule has 0 amide bonds. The van der Waals surface area contributed by atoms with Crippen LogP contribution >= 0.6 is 0 Å². The van der Waals surface area contributed by atoms with Gasteiger partial charge in [-0.2, -0.15) is 16.8 Å². The molecule has 0 aromatic carbocycles. The normalized spacial score (nSPS) is 14.0. The van der Waals surface area contributed by atoms with Crippen LogP contribution in [-0.4, -0.2) is 65.8 Å². The van der Waals surface area contributed by atoms with E-state index < -0.39 is 63.3 Å². The molecule has 0 atom stereocenters. The molecular weight excluding hydrogens is 398 g/mol. The Morgan fingerprint density at radius 2 is 0.783 bits per heavy atom. The SMILES string of the molecule is O=S(=O)(O)CCCCS(=O)(=O)NS(=O)(=O)CCCCS(=O)(=O)O. The predicted octanol–water partition coefficient (Wildman–Crippen LogP) is -1.43. The predicted molar refractivity (Wildman–Crippen MR) is 82.0 cm³/mol. The molecule has 0 saturated heterocycles. The van der Waals surface area contributed by atoms with Gasteiger partial charge in [0, 0.05) is 0 Å². The van der Waals surface area contributed by atoms with E-state index >= 15 is 0 Å². The summed E-state index contributed by atoms with van der Waals surface area (Å²) in [6.45, 7) is 0. The molecule has 0 saturated carbocycles. The van der Waals surface area contributed by atoms with Crippen molar-refractivity contribution in [1.82, 2.24) is 4.13 Å². The van der Waals surface area contributed by atoms with Crippen LogP contribution in [-0.2, 0) is 40.3 Å². The molecule has 0 spiro atoms. The largest absolute Gasteiger partial charge is 0.286 e. The molecule has 140 valence electrons. The molecule has 0 aliphatic rings. The molecule has 0 rings (SSSR count). The molecular formula is C8H19NO10S4. The lowest BCUT2D eigenvalue weighted by Crippen LogP contribution is -2.34. The number of hydrogen-bond donors (Lipinski definition) is 3. The summed E-state index contributed by atoms with van der Waals surface area (Å²) in [4.78, 5) is 0. The first-order valence-corrected chi connectivity index (χ1v) is 12.8. The lowest BCUT2D eigenvalue weighted by molar-refractivity contribution is 0.478. The van der Waals surface area contributed by atoms with Crippen molar-refractivity contribution in [2.45, 2.75) is 25.7 Å². The summed E-state index contributed by atoms with van der Waals surface area (Å²) in [6, 6.07) is 0. The van der Waals surface area contributed by atoms with Crippen molar-refractivity contribution < 1.29 is 42.8 Å². The van der Waals surface area contributed by atoms with Gasteiger partial charge in [0.25, 0.3) is 20.2 Å². The second kappa shape index (κ2) is 8.68. The van der Waals surface area contributed by atoms with E-state index in [1.165, 1.54) is 4.13 Å². The van der Waals surface area contributed by atoms with Gasteiger partial charge in [-0.05, 0) is 25.7 Å². The van der Waals surface area contributed by atoms with E-state index in [4.69, 9.17) is 9.11 Å². The van der Waals surface area contributed by atoms with E-state index in [0.29, 0.717) is 0 Å². The first-order valence-electron chi connectivity index (χ1n) is 6.26. The molecule has 23 heavy (non-hydrogen) atoms. The van der Waals surface area contributed by atoms with Crippen LogP contribution in [0.25, 0.3) is 0 Å². The Bertz CT molecular complexity index is 710. The lowest BCUT2D eigenvalue weighted by atomic mass is 10.4. The minimum atomic E-state index is -4.21. The number of rotatable bonds is 12. The zero-order chi connectivity index (χ0) is 18.4. The molecule has 0 bridgehead atoms. The summed E-state index contributed by atoms with van der Waals surface area (Å²) in [5, 5.41) is 0. The number of nitrogens with one attached hydrogen (secondary N) is 1. The highest BCUT2D eigenvalue weighted by Crippen LogP contribution is 2.02. The Morgan fingerprint density at radius 3 is 1.04 bits per heavy atom. The minimum Gasteiger partial charge on any atom is -0.286 e. The van der Waals surface area contributed by atoms with Crippen LogP contribution in [0.3, 0.4) is 0 Å². The van der Waals surface area contributed by atoms with Crippen molar-refractivity contribution >= 4 is 40.3 Å². The second-order valence-corrected chi connectivity index (χ2v) is 11.8. The van der Waals surface area contributed by atoms with Gasteiger partial charge in [-0.25, -0.2) is 16.8 Å². The zero-order valence-electron chi connectivity index (χ0n) is 12.0. The third-order valence-corrected chi connectivity index (χ3v) is 7.68.